The van der Waals surface area contributed by atoms with Gasteiger partial charge in [0.1, 0.15) is 5.75 Å². The Morgan fingerprint density at radius 2 is 1.50 bits per heavy atom. The Balaban J connectivity index is 1.43. The Labute approximate surface area is 155 Å². The Bertz CT molecular complexity index is 785. The Morgan fingerprint density at radius 1 is 0.692 bits per heavy atom. The van der Waals surface area contributed by atoms with Crippen LogP contribution < -0.4 is 10.5 Å². The molecule has 3 nitrogen and oxygen atoms in total. The molecule has 0 aromatic heterocycles. The molecule has 3 heteroatoms. The van der Waals surface area contributed by atoms with E-state index in [0.717, 1.165) is 23.3 Å². The highest BCUT2D eigenvalue weighted by atomic mass is 16.5. The zero-order valence-corrected chi connectivity index (χ0v) is 14.9. The first kappa shape index (κ1) is 18.2. The van der Waals surface area contributed by atoms with Gasteiger partial charge in [-0.25, -0.2) is 0 Å². The largest absolute Gasteiger partial charge is 0.493 e. The molecule has 0 bridgehead atoms. The topological polar surface area (TPSA) is 44.5 Å². The van der Waals surface area contributed by atoms with Gasteiger partial charge < -0.3 is 15.2 Å². The molecule has 3 aromatic rings. The fourth-order valence-corrected chi connectivity index (χ4v) is 2.71. The molecule has 0 amide bonds. The molecule has 0 unspecified atom stereocenters. The lowest BCUT2D eigenvalue weighted by atomic mass is 10.0. The van der Waals surface area contributed by atoms with Crippen LogP contribution in [0, 0.1) is 0 Å². The van der Waals surface area contributed by atoms with Crippen molar-refractivity contribution in [3.05, 3.63) is 90.0 Å². The van der Waals surface area contributed by atoms with Crippen LogP contribution in [-0.2, 0) is 17.9 Å². The third kappa shape index (κ3) is 5.45. The average Bonchev–Trinajstić information content (AvgIpc) is 2.72. The van der Waals surface area contributed by atoms with Crippen LogP contribution in [0.1, 0.15) is 17.5 Å². The van der Waals surface area contributed by atoms with Crippen molar-refractivity contribution in [2.75, 3.05) is 13.2 Å². The van der Waals surface area contributed by atoms with Gasteiger partial charge in [-0.15, -0.1) is 0 Å². The van der Waals surface area contributed by atoms with Crippen molar-refractivity contribution >= 4 is 0 Å². The van der Waals surface area contributed by atoms with Crippen molar-refractivity contribution in [3.8, 4) is 16.9 Å². The molecule has 0 fully saturated rings. The second kappa shape index (κ2) is 9.76. The summed E-state index contributed by atoms with van der Waals surface area (Å²) in [5.74, 6) is 0.883. The van der Waals surface area contributed by atoms with Gasteiger partial charge in [0.2, 0.25) is 0 Å². The summed E-state index contributed by atoms with van der Waals surface area (Å²) < 4.78 is 11.5. The summed E-state index contributed by atoms with van der Waals surface area (Å²) in [6.07, 6.45) is 0.863. The van der Waals surface area contributed by atoms with Gasteiger partial charge in [-0.1, -0.05) is 66.7 Å². The van der Waals surface area contributed by atoms with Gasteiger partial charge in [0.05, 0.1) is 19.8 Å². The second-order valence-electron chi connectivity index (χ2n) is 6.17. The Kier molecular flexibility index (Phi) is 6.82. The lowest BCUT2D eigenvalue weighted by Crippen LogP contribution is -2.03. The fraction of sp³-hybridized carbons (Fsp3) is 0.217. The van der Waals surface area contributed by atoms with Crippen LogP contribution in [0.3, 0.4) is 0 Å². The highest BCUT2D eigenvalue weighted by molar-refractivity contribution is 5.65. The molecule has 0 saturated heterocycles. The SMILES string of the molecule is NCc1ccc(-c2cccc(OCCCOCc3ccccc3)c2)cc1. The van der Waals surface area contributed by atoms with Crippen LogP contribution in [0.2, 0.25) is 0 Å². The third-order valence-corrected chi connectivity index (χ3v) is 4.17. The number of ether oxygens (including phenoxy) is 2. The zero-order chi connectivity index (χ0) is 18.0. The molecule has 0 aliphatic heterocycles. The van der Waals surface area contributed by atoms with E-state index in [1.54, 1.807) is 0 Å². The van der Waals surface area contributed by atoms with E-state index in [1.165, 1.54) is 11.1 Å². The zero-order valence-electron chi connectivity index (χ0n) is 14.9. The van der Waals surface area contributed by atoms with Crippen molar-refractivity contribution < 1.29 is 9.47 Å². The van der Waals surface area contributed by atoms with Crippen molar-refractivity contribution in [2.45, 2.75) is 19.6 Å². The molecule has 3 rings (SSSR count). The molecule has 2 N–H and O–H groups in total. The van der Waals surface area contributed by atoms with E-state index < -0.39 is 0 Å². The lowest BCUT2D eigenvalue weighted by Gasteiger charge is -2.09. The first-order chi connectivity index (χ1) is 12.8. The maximum atomic E-state index is 5.87. The molecular formula is C23H25NO2. The van der Waals surface area contributed by atoms with Crippen molar-refractivity contribution in [3.63, 3.8) is 0 Å². The monoisotopic (exact) mass is 347 g/mol. The van der Waals surface area contributed by atoms with E-state index in [0.29, 0.717) is 26.4 Å². The van der Waals surface area contributed by atoms with E-state index in [2.05, 4.69) is 48.5 Å². The second-order valence-corrected chi connectivity index (χ2v) is 6.17. The standard InChI is InChI=1S/C23H25NO2/c24-17-19-10-12-21(13-11-19)22-8-4-9-23(16-22)26-15-5-14-25-18-20-6-2-1-3-7-20/h1-4,6-13,16H,5,14-15,17-18,24H2. The minimum Gasteiger partial charge on any atom is -0.493 e. The summed E-state index contributed by atoms with van der Waals surface area (Å²) in [5, 5.41) is 0. The van der Waals surface area contributed by atoms with E-state index >= 15 is 0 Å². The van der Waals surface area contributed by atoms with Gasteiger partial charge in [0.15, 0.2) is 0 Å². The van der Waals surface area contributed by atoms with Crippen LogP contribution in [-0.4, -0.2) is 13.2 Å². The van der Waals surface area contributed by atoms with Gasteiger partial charge >= 0.3 is 0 Å². The number of hydrogen-bond acceptors (Lipinski definition) is 3. The fourth-order valence-electron chi connectivity index (χ4n) is 2.71. The molecule has 26 heavy (non-hydrogen) atoms. The molecular weight excluding hydrogens is 322 g/mol. The smallest absolute Gasteiger partial charge is 0.119 e. The molecule has 134 valence electrons. The number of rotatable bonds is 9. The molecule has 0 spiro atoms. The maximum absolute atomic E-state index is 5.87. The van der Waals surface area contributed by atoms with Gasteiger partial charge in [0, 0.05) is 13.0 Å². The summed E-state index contributed by atoms with van der Waals surface area (Å²) in [6, 6.07) is 26.7. The molecule has 0 heterocycles. The van der Waals surface area contributed by atoms with E-state index in [9.17, 15) is 0 Å². The molecule has 0 saturated carbocycles. The first-order valence-electron chi connectivity index (χ1n) is 8.99. The van der Waals surface area contributed by atoms with E-state index in [-0.39, 0.29) is 0 Å². The van der Waals surface area contributed by atoms with Gasteiger partial charge in [-0.3, -0.25) is 0 Å². The van der Waals surface area contributed by atoms with Crippen LogP contribution >= 0.6 is 0 Å². The average molecular weight is 347 g/mol. The summed E-state index contributed by atoms with van der Waals surface area (Å²) in [5.41, 5.74) is 10.3. The highest BCUT2D eigenvalue weighted by Gasteiger charge is 2.01. The maximum Gasteiger partial charge on any atom is 0.119 e. The normalized spacial score (nSPS) is 10.7. The van der Waals surface area contributed by atoms with Crippen LogP contribution in [0.25, 0.3) is 11.1 Å². The number of nitrogens with two attached hydrogens (primary N) is 1. The van der Waals surface area contributed by atoms with Crippen LogP contribution in [0.4, 0.5) is 0 Å². The molecule has 0 atom stereocenters. The predicted octanol–water partition coefficient (Wildman–Crippen LogP) is 4.80. The number of benzene rings is 3. The minimum atomic E-state index is 0.565. The van der Waals surface area contributed by atoms with Gasteiger partial charge in [-0.2, -0.15) is 0 Å². The molecule has 0 aliphatic carbocycles. The first-order valence-corrected chi connectivity index (χ1v) is 8.99. The summed E-state index contributed by atoms with van der Waals surface area (Å²) >= 11 is 0. The van der Waals surface area contributed by atoms with Gasteiger partial charge in [-0.05, 0) is 34.4 Å². The van der Waals surface area contributed by atoms with Crippen LogP contribution in [0.5, 0.6) is 5.75 Å². The predicted molar refractivity (Wildman–Crippen MR) is 106 cm³/mol. The lowest BCUT2D eigenvalue weighted by molar-refractivity contribution is 0.107. The van der Waals surface area contributed by atoms with Gasteiger partial charge in [0.25, 0.3) is 0 Å². The Hall–Kier alpha value is -2.62. The molecule has 0 aliphatic rings. The number of hydrogen-bond donors (Lipinski definition) is 1. The molecule has 3 aromatic carbocycles. The third-order valence-electron chi connectivity index (χ3n) is 4.17. The molecule has 0 radical (unpaired) electrons. The van der Waals surface area contributed by atoms with Crippen LogP contribution in [0.15, 0.2) is 78.9 Å². The van der Waals surface area contributed by atoms with Crippen molar-refractivity contribution in [1.82, 2.24) is 0 Å². The van der Waals surface area contributed by atoms with Crippen molar-refractivity contribution in [1.29, 1.82) is 0 Å². The Morgan fingerprint density at radius 3 is 2.27 bits per heavy atom. The van der Waals surface area contributed by atoms with E-state index in [1.807, 2.05) is 30.3 Å². The minimum absolute atomic E-state index is 0.565. The quantitative estimate of drug-likeness (QED) is 0.566. The van der Waals surface area contributed by atoms with E-state index in [4.69, 9.17) is 15.2 Å². The summed E-state index contributed by atoms with van der Waals surface area (Å²) in [4.78, 5) is 0. The van der Waals surface area contributed by atoms with Crippen molar-refractivity contribution in [2.24, 2.45) is 5.73 Å². The summed E-state index contributed by atoms with van der Waals surface area (Å²) in [7, 11) is 0. The summed E-state index contributed by atoms with van der Waals surface area (Å²) in [6.45, 7) is 2.55. The highest BCUT2D eigenvalue weighted by Crippen LogP contribution is 2.24.